The highest BCUT2D eigenvalue weighted by Crippen LogP contribution is 2.36. The van der Waals surface area contributed by atoms with Gasteiger partial charge in [-0.15, -0.1) is 0 Å². The lowest BCUT2D eigenvalue weighted by Crippen LogP contribution is -2.11. The van der Waals surface area contributed by atoms with E-state index in [9.17, 15) is 5.11 Å². The van der Waals surface area contributed by atoms with Crippen molar-refractivity contribution in [3.63, 3.8) is 0 Å². The summed E-state index contributed by atoms with van der Waals surface area (Å²) in [5.41, 5.74) is 4.31. The SMILES string of the molecule is COc1ccc(/C(=C/c2ccc(O)cc2)c2ccccc2)cc1OC1CCCC1. The van der Waals surface area contributed by atoms with Crippen LogP contribution in [0, 0.1) is 0 Å². The second-order valence-electron chi connectivity index (χ2n) is 7.41. The fraction of sp³-hybridized carbons (Fsp3) is 0.231. The van der Waals surface area contributed by atoms with Gasteiger partial charge in [-0.3, -0.25) is 0 Å². The van der Waals surface area contributed by atoms with Crippen molar-refractivity contribution < 1.29 is 14.6 Å². The van der Waals surface area contributed by atoms with Gasteiger partial charge in [-0.1, -0.05) is 48.5 Å². The van der Waals surface area contributed by atoms with Crippen molar-refractivity contribution in [1.82, 2.24) is 0 Å². The number of hydrogen-bond donors (Lipinski definition) is 1. The molecule has 0 bridgehead atoms. The first-order valence-electron chi connectivity index (χ1n) is 10.1. The average Bonchev–Trinajstić information content (AvgIpc) is 3.27. The number of methoxy groups -OCH3 is 1. The van der Waals surface area contributed by atoms with E-state index in [1.807, 2.05) is 36.4 Å². The summed E-state index contributed by atoms with van der Waals surface area (Å²) >= 11 is 0. The molecular formula is C26H26O3. The van der Waals surface area contributed by atoms with E-state index in [2.05, 4.69) is 30.3 Å². The Morgan fingerprint density at radius 2 is 1.59 bits per heavy atom. The molecule has 0 atom stereocenters. The molecule has 0 amide bonds. The molecule has 1 aliphatic carbocycles. The van der Waals surface area contributed by atoms with Gasteiger partial charge in [-0.25, -0.2) is 0 Å². The van der Waals surface area contributed by atoms with Crippen LogP contribution in [-0.2, 0) is 0 Å². The predicted octanol–water partition coefficient (Wildman–Crippen LogP) is 6.31. The van der Waals surface area contributed by atoms with Crippen LogP contribution in [0.1, 0.15) is 42.4 Å². The third-order valence-corrected chi connectivity index (χ3v) is 5.36. The van der Waals surface area contributed by atoms with Crippen LogP contribution in [-0.4, -0.2) is 18.3 Å². The van der Waals surface area contributed by atoms with Gasteiger partial charge in [0.1, 0.15) is 5.75 Å². The van der Waals surface area contributed by atoms with Crippen LogP contribution >= 0.6 is 0 Å². The number of phenols is 1. The largest absolute Gasteiger partial charge is 0.508 e. The monoisotopic (exact) mass is 386 g/mol. The number of ether oxygens (including phenoxy) is 2. The highest BCUT2D eigenvalue weighted by Gasteiger charge is 2.19. The van der Waals surface area contributed by atoms with E-state index < -0.39 is 0 Å². The molecule has 4 rings (SSSR count). The van der Waals surface area contributed by atoms with Crippen molar-refractivity contribution in [2.45, 2.75) is 31.8 Å². The summed E-state index contributed by atoms with van der Waals surface area (Å²) in [6, 6.07) is 23.7. The molecule has 3 aromatic carbocycles. The number of benzene rings is 3. The van der Waals surface area contributed by atoms with E-state index in [0.29, 0.717) is 0 Å². The molecule has 0 spiro atoms. The molecule has 3 nitrogen and oxygen atoms in total. The number of rotatable bonds is 6. The van der Waals surface area contributed by atoms with Crippen molar-refractivity contribution in [3.05, 3.63) is 89.5 Å². The van der Waals surface area contributed by atoms with Gasteiger partial charge in [-0.2, -0.15) is 0 Å². The number of hydrogen-bond acceptors (Lipinski definition) is 3. The molecule has 29 heavy (non-hydrogen) atoms. The molecule has 1 saturated carbocycles. The van der Waals surface area contributed by atoms with Gasteiger partial charge < -0.3 is 14.6 Å². The number of aromatic hydroxyl groups is 1. The lowest BCUT2D eigenvalue weighted by molar-refractivity contribution is 0.201. The molecule has 1 N–H and O–H groups in total. The molecule has 0 aromatic heterocycles. The van der Waals surface area contributed by atoms with Crippen LogP contribution in [0.4, 0.5) is 0 Å². The van der Waals surface area contributed by atoms with Crippen molar-refractivity contribution in [1.29, 1.82) is 0 Å². The minimum absolute atomic E-state index is 0.264. The molecule has 0 unspecified atom stereocenters. The first kappa shape index (κ1) is 19.1. The Kier molecular flexibility index (Phi) is 5.85. The highest BCUT2D eigenvalue weighted by molar-refractivity contribution is 5.92. The second kappa shape index (κ2) is 8.87. The fourth-order valence-electron chi connectivity index (χ4n) is 3.81. The molecule has 3 aromatic rings. The van der Waals surface area contributed by atoms with Gasteiger partial charge in [-0.05, 0) is 78.3 Å². The van der Waals surface area contributed by atoms with Gasteiger partial charge in [0.05, 0.1) is 13.2 Å². The Hall–Kier alpha value is -3.20. The van der Waals surface area contributed by atoms with E-state index >= 15 is 0 Å². The summed E-state index contributed by atoms with van der Waals surface area (Å²) in [5, 5.41) is 9.60. The first-order valence-corrected chi connectivity index (χ1v) is 10.1. The maximum atomic E-state index is 9.60. The Bertz CT molecular complexity index is 969. The smallest absolute Gasteiger partial charge is 0.162 e. The highest BCUT2D eigenvalue weighted by atomic mass is 16.5. The summed E-state index contributed by atoms with van der Waals surface area (Å²) in [5.74, 6) is 1.82. The molecule has 0 saturated heterocycles. The predicted molar refractivity (Wildman–Crippen MR) is 117 cm³/mol. The molecule has 0 aliphatic heterocycles. The average molecular weight is 386 g/mol. The zero-order valence-corrected chi connectivity index (χ0v) is 16.7. The lowest BCUT2D eigenvalue weighted by Gasteiger charge is -2.18. The van der Waals surface area contributed by atoms with Gasteiger partial charge >= 0.3 is 0 Å². The minimum Gasteiger partial charge on any atom is -0.508 e. The van der Waals surface area contributed by atoms with Gasteiger partial charge in [0.2, 0.25) is 0 Å². The minimum atomic E-state index is 0.264. The van der Waals surface area contributed by atoms with Gasteiger partial charge in [0, 0.05) is 0 Å². The van der Waals surface area contributed by atoms with E-state index in [0.717, 1.165) is 46.6 Å². The maximum absolute atomic E-state index is 9.60. The Labute approximate surface area is 172 Å². The second-order valence-corrected chi connectivity index (χ2v) is 7.41. The zero-order valence-electron chi connectivity index (χ0n) is 16.7. The standard InChI is InChI=1S/C26H26O3/c1-28-25-16-13-21(18-26(25)29-23-9-5-6-10-23)24(20-7-3-2-4-8-20)17-19-11-14-22(27)15-12-19/h2-4,7-8,11-18,23,27H,5-6,9-10H2,1H3/b24-17+. The lowest BCUT2D eigenvalue weighted by atomic mass is 9.95. The quantitative estimate of drug-likeness (QED) is 0.505. The molecular weight excluding hydrogens is 360 g/mol. The van der Waals surface area contributed by atoms with Crippen LogP contribution in [0.2, 0.25) is 0 Å². The van der Waals surface area contributed by atoms with Crippen molar-refractivity contribution in [3.8, 4) is 17.2 Å². The molecule has 1 aliphatic rings. The summed E-state index contributed by atoms with van der Waals surface area (Å²) in [4.78, 5) is 0. The van der Waals surface area contributed by atoms with Crippen LogP contribution in [0.25, 0.3) is 11.6 Å². The molecule has 0 radical (unpaired) electrons. The number of phenolic OH excluding ortho intramolecular Hbond substituents is 1. The third kappa shape index (κ3) is 4.62. The van der Waals surface area contributed by atoms with E-state index in [-0.39, 0.29) is 11.9 Å². The van der Waals surface area contributed by atoms with Gasteiger partial charge in [0.25, 0.3) is 0 Å². The van der Waals surface area contributed by atoms with E-state index in [1.54, 1.807) is 19.2 Å². The van der Waals surface area contributed by atoms with Crippen molar-refractivity contribution in [2.75, 3.05) is 7.11 Å². The normalized spacial score (nSPS) is 14.7. The fourth-order valence-corrected chi connectivity index (χ4v) is 3.81. The van der Waals surface area contributed by atoms with Crippen LogP contribution < -0.4 is 9.47 Å². The van der Waals surface area contributed by atoms with Crippen LogP contribution in [0.5, 0.6) is 17.2 Å². The van der Waals surface area contributed by atoms with Crippen LogP contribution in [0.15, 0.2) is 72.8 Å². The molecule has 1 fully saturated rings. The summed E-state index contributed by atoms with van der Waals surface area (Å²) in [7, 11) is 1.68. The van der Waals surface area contributed by atoms with E-state index in [4.69, 9.17) is 9.47 Å². The summed E-state index contributed by atoms with van der Waals surface area (Å²) in [6.45, 7) is 0. The maximum Gasteiger partial charge on any atom is 0.162 e. The topological polar surface area (TPSA) is 38.7 Å². The van der Waals surface area contributed by atoms with Crippen molar-refractivity contribution >= 4 is 11.6 Å². The van der Waals surface area contributed by atoms with E-state index in [1.165, 1.54) is 12.8 Å². The zero-order chi connectivity index (χ0) is 20.1. The third-order valence-electron chi connectivity index (χ3n) is 5.36. The van der Waals surface area contributed by atoms with Crippen molar-refractivity contribution in [2.24, 2.45) is 0 Å². The Morgan fingerprint density at radius 1 is 0.862 bits per heavy atom. The Morgan fingerprint density at radius 3 is 2.28 bits per heavy atom. The molecule has 3 heteroatoms. The summed E-state index contributed by atoms with van der Waals surface area (Å²) < 4.78 is 11.9. The summed E-state index contributed by atoms with van der Waals surface area (Å²) in [6.07, 6.45) is 7.05. The molecule has 148 valence electrons. The van der Waals surface area contributed by atoms with Gasteiger partial charge in [0.15, 0.2) is 11.5 Å². The molecule has 0 heterocycles. The Balaban J connectivity index is 1.76. The van der Waals surface area contributed by atoms with Crippen LogP contribution in [0.3, 0.4) is 0 Å². The first-order chi connectivity index (χ1) is 14.2.